The molecular weight excluding hydrogens is 805 g/mol. The van der Waals surface area contributed by atoms with Gasteiger partial charge >= 0.3 is 0 Å². The van der Waals surface area contributed by atoms with Gasteiger partial charge in [0, 0.05) is 56.0 Å². The first-order valence-electron chi connectivity index (χ1n) is 22.9. The number of furan rings is 2. The first-order chi connectivity index (χ1) is 32.6. The van der Waals surface area contributed by atoms with E-state index in [1.807, 2.05) is 0 Å². The van der Waals surface area contributed by atoms with Crippen molar-refractivity contribution in [2.24, 2.45) is 0 Å². The number of nitrogens with zero attached hydrogens (tertiary/aromatic N) is 2. The van der Waals surface area contributed by atoms with Crippen LogP contribution < -0.4 is 9.80 Å². The topological polar surface area (TPSA) is 32.8 Å². The van der Waals surface area contributed by atoms with E-state index in [1.54, 1.807) is 0 Å². The Balaban J connectivity index is 1.05. The van der Waals surface area contributed by atoms with Crippen molar-refractivity contribution in [3.63, 3.8) is 0 Å². The molecule has 1 aliphatic carbocycles. The zero-order chi connectivity index (χ0) is 43.6. The second kappa shape index (κ2) is 14.1. The van der Waals surface area contributed by atoms with Crippen molar-refractivity contribution in [1.29, 1.82) is 0 Å². The van der Waals surface area contributed by atoms with Crippen molar-refractivity contribution in [3.05, 3.63) is 223 Å². The van der Waals surface area contributed by atoms with Gasteiger partial charge in [-0.3, -0.25) is 0 Å². The van der Waals surface area contributed by atoms with Crippen LogP contribution in [0, 0.1) is 13.8 Å². The lowest BCUT2D eigenvalue weighted by molar-refractivity contribution is 0.486. The van der Waals surface area contributed by atoms with Gasteiger partial charge in [-0.05, 0) is 111 Å². The highest BCUT2D eigenvalue weighted by Crippen LogP contribution is 2.54. The Hall–Kier alpha value is -8.34. The molecule has 11 aromatic carbocycles. The highest BCUT2D eigenvalue weighted by atomic mass is 16.3. The lowest BCUT2D eigenvalue weighted by Crippen LogP contribution is -2.28. The average Bonchev–Trinajstić information content (AvgIpc) is 3.96. The third-order valence-corrected chi connectivity index (χ3v) is 14.4. The maximum absolute atomic E-state index is 7.01. The molecule has 1 atom stereocenters. The molecule has 4 nitrogen and oxygen atoms in total. The predicted molar refractivity (Wildman–Crippen MR) is 276 cm³/mol. The molecule has 0 aliphatic heterocycles. The summed E-state index contributed by atoms with van der Waals surface area (Å²) in [5, 5.41) is 13.0. The number of benzene rings is 11. The quantitative estimate of drug-likeness (QED) is 0.156. The van der Waals surface area contributed by atoms with Crippen LogP contribution in [-0.4, -0.2) is 0 Å². The Morgan fingerprint density at radius 1 is 0.409 bits per heavy atom. The van der Waals surface area contributed by atoms with E-state index in [0.29, 0.717) is 0 Å². The summed E-state index contributed by atoms with van der Waals surface area (Å²) < 4.78 is 13.9. The molecule has 0 bridgehead atoms. The Labute approximate surface area is 381 Å². The van der Waals surface area contributed by atoms with E-state index in [9.17, 15) is 0 Å². The molecule has 2 heterocycles. The van der Waals surface area contributed by atoms with Gasteiger partial charge in [-0.25, -0.2) is 0 Å². The minimum absolute atomic E-state index is 0.104. The molecule has 0 fully saturated rings. The third kappa shape index (κ3) is 5.27. The Kier molecular flexibility index (Phi) is 7.91. The Bertz CT molecular complexity index is 4100. The molecule has 13 aromatic rings. The largest absolute Gasteiger partial charge is 0.458 e. The number of rotatable bonds is 6. The zero-order valence-corrected chi connectivity index (χ0v) is 36.5. The molecular formula is C62H42N2O2. The van der Waals surface area contributed by atoms with Crippen LogP contribution in [0.5, 0.6) is 0 Å². The van der Waals surface area contributed by atoms with Crippen molar-refractivity contribution in [1.82, 2.24) is 0 Å². The number of para-hydroxylation sites is 4. The van der Waals surface area contributed by atoms with Crippen molar-refractivity contribution in [2.75, 3.05) is 9.80 Å². The summed E-state index contributed by atoms with van der Waals surface area (Å²) in [6, 6.07) is 72.9. The summed E-state index contributed by atoms with van der Waals surface area (Å²) in [6.45, 7) is 4.44. The number of aryl methyl sites for hydroxylation is 2. The molecule has 0 radical (unpaired) electrons. The summed E-state index contributed by atoms with van der Waals surface area (Å²) in [5.41, 5.74) is 14.4. The normalized spacial score (nSPS) is 13.7. The minimum Gasteiger partial charge on any atom is -0.458 e. The monoisotopic (exact) mass is 846 g/mol. The fraction of sp³-hybridized carbons (Fsp3) is 0.0645. The fourth-order valence-electron chi connectivity index (χ4n) is 11.4. The van der Waals surface area contributed by atoms with Crippen molar-refractivity contribution >= 4 is 104 Å². The highest BCUT2D eigenvalue weighted by Gasteiger charge is 2.36. The van der Waals surface area contributed by atoms with E-state index >= 15 is 0 Å². The third-order valence-electron chi connectivity index (χ3n) is 14.4. The predicted octanol–water partition coefficient (Wildman–Crippen LogP) is 17.6. The molecule has 0 spiro atoms. The summed E-state index contributed by atoms with van der Waals surface area (Å²) in [7, 11) is 0. The molecule has 4 heteroatoms. The van der Waals surface area contributed by atoms with Crippen LogP contribution in [0.1, 0.15) is 28.5 Å². The first kappa shape index (κ1) is 37.1. The van der Waals surface area contributed by atoms with Gasteiger partial charge in [0.15, 0.2) is 5.58 Å². The second-order valence-corrected chi connectivity index (χ2v) is 18.0. The van der Waals surface area contributed by atoms with Crippen LogP contribution in [0.4, 0.5) is 28.4 Å². The van der Waals surface area contributed by atoms with Gasteiger partial charge in [0.2, 0.25) is 0 Å². The zero-order valence-electron chi connectivity index (χ0n) is 36.5. The van der Waals surface area contributed by atoms with E-state index in [0.717, 1.165) is 67.8 Å². The Morgan fingerprint density at radius 2 is 0.985 bits per heavy atom. The molecule has 66 heavy (non-hydrogen) atoms. The van der Waals surface area contributed by atoms with E-state index < -0.39 is 0 Å². The van der Waals surface area contributed by atoms with Crippen LogP contribution in [-0.2, 0) is 6.42 Å². The van der Waals surface area contributed by atoms with Crippen molar-refractivity contribution in [3.8, 4) is 11.1 Å². The standard InChI is InChI=1S/C62H42N2O2/c1-37-15-3-11-23-49(37)63(53-35-41-17-5-7-19-43(41)59-47-21-9-13-25-55(47)65-61(53)59)51-33-29-39-28-32-46-52(34-30-40-27-31-45(51)57(39)58(40)46)64(50-24-12-4-16-38(50)2)54-36-42-18-6-8-20-44(42)60-48-22-10-14-26-56(48)66-62(54)60/h3-35,54H,36H2,1-2H3. The van der Waals surface area contributed by atoms with Gasteiger partial charge in [-0.1, -0.05) is 158 Å². The SMILES string of the molecule is Cc1ccccc1N(c1ccc2ccc3c(N(c4ccccc4C)C4Cc5ccccc5-c5c4oc4ccccc54)ccc4ccc1c2c43)c1cc2ccccc2c2c1oc1ccccc12. The van der Waals surface area contributed by atoms with E-state index in [-0.39, 0.29) is 6.04 Å². The number of hydrogen-bond donors (Lipinski definition) is 0. The maximum Gasteiger partial charge on any atom is 0.160 e. The van der Waals surface area contributed by atoms with Crippen LogP contribution >= 0.6 is 0 Å². The summed E-state index contributed by atoms with van der Waals surface area (Å²) in [6.07, 6.45) is 0.802. The fourth-order valence-corrected chi connectivity index (χ4v) is 11.4. The van der Waals surface area contributed by atoms with E-state index in [2.05, 4.69) is 224 Å². The molecule has 0 N–H and O–H groups in total. The lowest BCUT2D eigenvalue weighted by atomic mass is 9.84. The smallest absolute Gasteiger partial charge is 0.160 e. The van der Waals surface area contributed by atoms with Gasteiger partial charge in [-0.2, -0.15) is 0 Å². The molecule has 0 saturated carbocycles. The molecule has 1 aliphatic rings. The van der Waals surface area contributed by atoms with Crippen LogP contribution in [0.15, 0.2) is 209 Å². The number of fused-ring (bicyclic) bond motifs is 10. The molecule has 312 valence electrons. The molecule has 1 unspecified atom stereocenters. The van der Waals surface area contributed by atoms with Gasteiger partial charge in [0.1, 0.15) is 16.9 Å². The van der Waals surface area contributed by atoms with Crippen molar-refractivity contribution < 1.29 is 8.83 Å². The Morgan fingerprint density at radius 3 is 1.74 bits per heavy atom. The van der Waals surface area contributed by atoms with Crippen LogP contribution in [0.25, 0.3) is 87.1 Å². The molecule has 14 rings (SSSR count). The average molecular weight is 847 g/mol. The van der Waals surface area contributed by atoms with Gasteiger partial charge in [-0.15, -0.1) is 0 Å². The van der Waals surface area contributed by atoms with Gasteiger partial charge in [0.25, 0.3) is 0 Å². The second-order valence-electron chi connectivity index (χ2n) is 18.0. The minimum atomic E-state index is -0.104. The summed E-state index contributed by atoms with van der Waals surface area (Å²) in [5.74, 6) is 1.01. The first-order valence-corrected chi connectivity index (χ1v) is 22.9. The van der Waals surface area contributed by atoms with Crippen molar-refractivity contribution in [2.45, 2.75) is 26.3 Å². The number of anilines is 5. The molecule has 0 saturated heterocycles. The maximum atomic E-state index is 7.01. The molecule has 2 aromatic heterocycles. The molecule has 0 amide bonds. The highest BCUT2D eigenvalue weighted by molar-refractivity contribution is 6.29. The lowest BCUT2D eigenvalue weighted by Gasteiger charge is -2.38. The van der Waals surface area contributed by atoms with Crippen LogP contribution in [0.2, 0.25) is 0 Å². The van der Waals surface area contributed by atoms with E-state index in [4.69, 9.17) is 8.83 Å². The van der Waals surface area contributed by atoms with Gasteiger partial charge in [0.05, 0.1) is 17.4 Å². The summed E-state index contributed by atoms with van der Waals surface area (Å²) in [4.78, 5) is 5.02. The number of hydrogen-bond acceptors (Lipinski definition) is 4. The van der Waals surface area contributed by atoms with E-state index in [1.165, 1.54) is 76.6 Å². The summed E-state index contributed by atoms with van der Waals surface area (Å²) >= 11 is 0. The van der Waals surface area contributed by atoms with Gasteiger partial charge < -0.3 is 18.6 Å². The van der Waals surface area contributed by atoms with Crippen LogP contribution in [0.3, 0.4) is 0 Å².